The van der Waals surface area contributed by atoms with Gasteiger partial charge in [-0.2, -0.15) is 0 Å². The molecule has 0 unspecified atom stereocenters. The number of carboxylic acid groups (broad SMARTS) is 1. The molecule has 0 aromatic carbocycles. The first-order valence-electron chi connectivity index (χ1n) is 2.69. The lowest BCUT2D eigenvalue weighted by Gasteiger charge is -1.98. The van der Waals surface area contributed by atoms with Crippen LogP contribution in [0.2, 0.25) is 0 Å². The standard InChI is InChI=1S/C6H11NO2/c1-4(2)5(3-7)6(8)9/h3,7H2,1-2H3,(H,8,9). The molecule has 52 valence electrons. The van der Waals surface area contributed by atoms with E-state index in [-0.39, 0.29) is 6.54 Å². The van der Waals surface area contributed by atoms with Crippen LogP contribution in [0.15, 0.2) is 11.1 Å². The van der Waals surface area contributed by atoms with Gasteiger partial charge in [-0.25, -0.2) is 4.79 Å². The Labute approximate surface area is 54.2 Å². The van der Waals surface area contributed by atoms with Crippen LogP contribution in [0, 0.1) is 0 Å². The van der Waals surface area contributed by atoms with Gasteiger partial charge in [0.05, 0.1) is 0 Å². The summed E-state index contributed by atoms with van der Waals surface area (Å²) in [5.74, 6) is -0.919. The van der Waals surface area contributed by atoms with E-state index >= 15 is 0 Å². The van der Waals surface area contributed by atoms with Gasteiger partial charge in [0.1, 0.15) is 0 Å². The predicted molar refractivity (Wildman–Crippen MR) is 35.1 cm³/mol. The lowest BCUT2D eigenvalue weighted by atomic mass is 10.1. The Morgan fingerprint density at radius 2 is 2.00 bits per heavy atom. The second-order valence-electron chi connectivity index (χ2n) is 1.99. The summed E-state index contributed by atoms with van der Waals surface area (Å²) >= 11 is 0. The van der Waals surface area contributed by atoms with Crippen LogP contribution in [0.4, 0.5) is 0 Å². The topological polar surface area (TPSA) is 63.3 Å². The molecule has 0 aliphatic carbocycles. The van der Waals surface area contributed by atoms with E-state index in [1.807, 2.05) is 0 Å². The molecule has 3 nitrogen and oxygen atoms in total. The second-order valence-corrected chi connectivity index (χ2v) is 1.99. The molecule has 0 aliphatic heterocycles. The van der Waals surface area contributed by atoms with Gasteiger partial charge in [-0.1, -0.05) is 5.57 Å². The largest absolute Gasteiger partial charge is 0.478 e. The summed E-state index contributed by atoms with van der Waals surface area (Å²) in [6.07, 6.45) is 0. The molecule has 3 N–H and O–H groups in total. The molecule has 0 aliphatic rings. The van der Waals surface area contributed by atoms with E-state index in [1.165, 1.54) is 0 Å². The molecule has 3 heteroatoms. The Bertz CT molecular complexity index is 145. The van der Waals surface area contributed by atoms with E-state index in [2.05, 4.69) is 0 Å². The van der Waals surface area contributed by atoms with Crippen molar-refractivity contribution in [2.75, 3.05) is 6.54 Å². The van der Waals surface area contributed by atoms with E-state index < -0.39 is 5.97 Å². The van der Waals surface area contributed by atoms with Crippen molar-refractivity contribution in [3.8, 4) is 0 Å². The highest BCUT2D eigenvalue weighted by molar-refractivity contribution is 5.87. The van der Waals surface area contributed by atoms with E-state index in [1.54, 1.807) is 13.8 Å². The fraction of sp³-hybridized carbons (Fsp3) is 0.500. The highest BCUT2D eigenvalue weighted by atomic mass is 16.4. The molecular weight excluding hydrogens is 118 g/mol. The molecule has 0 fully saturated rings. The third kappa shape index (κ3) is 2.28. The Morgan fingerprint density at radius 1 is 1.56 bits per heavy atom. The minimum Gasteiger partial charge on any atom is -0.478 e. The number of hydrogen-bond acceptors (Lipinski definition) is 2. The van der Waals surface area contributed by atoms with Crippen molar-refractivity contribution in [3.63, 3.8) is 0 Å². The lowest BCUT2D eigenvalue weighted by molar-refractivity contribution is -0.132. The summed E-state index contributed by atoms with van der Waals surface area (Å²) in [5, 5.41) is 8.41. The molecule has 0 aromatic heterocycles. The summed E-state index contributed by atoms with van der Waals surface area (Å²) < 4.78 is 0. The number of hydrogen-bond donors (Lipinski definition) is 2. The molecular formula is C6H11NO2. The van der Waals surface area contributed by atoms with Crippen molar-refractivity contribution in [1.29, 1.82) is 0 Å². The van der Waals surface area contributed by atoms with Gasteiger partial charge in [0.15, 0.2) is 0 Å². The number of carbonyl (C=O) groups is 1. The van der Waals surface area contributed by atoms with Crippen LogP contribution in [-0.2, 0) is 4.79 Å². The Balaban J connectivity index is 4.35. The molecule has 0 saturated carbocycles. The molecule has 0 bridgehead atoms. The molecule has 0 atom stereocenters. The smallest absolute Gasteiger partial charge is 0.332 e. The van der Waals surface area contributed by atoms with E-state index in [4.69, 9.17) is 10.8 Å². The van der Waals surface area contributed by atoms with Gasteiger partial charge in [0, 0.05) is 12.1 Å². The first kappa shape index (κ1) is 8.17. The zero-order valence-corrected chi connectivity index (χ0v) is 5.64. The summed E-state index contributed by atoms with van der Waals surface area (Å²) in [6, 6.07) is 0. The van der Waals surface area contributed by atoms with Crippen LogP contribution >= 0.6 is 0 Å². The molecule has 0 amide bonds. The Hall–Kier alpha value is -0.830. The van der Waals surface area contributed by atoms with Crippen molar-refractivity contribution >= 4 is 5.97 Å². The van der Waals surface area contributed by atoms with Crippen molar-refractivity contribution in [3.05, 3.63) is 11.1 Å². The lowest BCUT2D eigenvalue weighted by Crippen LogP contribution is -2.13. The van der Waals surface area contributed by atoms with Gasteiger partial charge in [-0.15, -0.1) is 0 Å². The number of carboxylic acids is 1. The highest BCUT2D eigenvalue weighted by Gasteiger charge is 2.04. The summed E-state index contributed by atoms with van der Waals surface area (Å²) in [4.78, 5) is 10.2. The number of rotatable bonds is 2. The fourth-order valence-corrected chi connectivity index (χ4v) is 0.505. The van der Waals surface area contributed by atoms with Crippen LogP contribution < -0.4 is 5.73 Å². The van der Waals surface area contributed by atoms with Crippen LogP contribution in [0.25, 0.3) is 0 Å². The molecule has 0 spiro atoms. The van der Waals surface area contributed by atoms with Gasteiger partial charge in [0.25, 0.3) is 0 Å². The molecule has 0 heterocycles. The summed E-state index contributed by atoms with van der Waals surface area (Å²) in [7, 11) is 0. The monoisotopic (exact) mass is 129 g/mol. The molecule has 0 rings (SSSR count). The average molecular weight is 129 g/mol. The Kier molecular flexibility index (Phi) is 2.95. The van der Waals surface area contributed by atoms with E-state index in [0.717, 1.165) is 5.57 Å². The maximum Gasteiger partial charge on any atom is 0.332 e. The van der Waals surface area contributed by atoms with Crippen molar-refractivity contribution < 1.29 is 9.90 Å². The van der Waals surface area contributed by atoms with Gasteiger partial charge < -0.3 is 10.8 Å². The normalized spacial score (nSPS) is 8.78. The number of aliphatic carboxylic acids is 1. The fourth-order valence-electron chi connectivity index (χ4n) is 0.505. The van der Waals surface area contributed by atoms with Crippen LogP contribution in [0.5, 0.6) is 0 Å². The SMILES string of the molecule is CC(C)=C(CN)C(=O)O. The van der Waals surface area contributed by atoms with Gasteiger partial charge in [-0.05, 0) is 13.8 Å². The average Bonchev–Trinajstić information content (AvgIpc) is 1.64. The van der Waals surface area contributed by atoms with Crippen LogP contribution in [0.3, 0.4) is 0 Å². The molecule has 9 heavy (non-hydrogen) atoms. The maximum atomic E-state index is 10.2. The van der Waals surface area contributed by atoms with Crippen LogP contribution in [0.1, 0.15) is 13.8 Å². The van der Waals surface area contributed by atoms with Crippen LogP contribution in [-0.4, -0.2) is 17.6 Å². The highest BCUT2D eigenvalue weighted by Crippen LogP contribution is 1.99. The quantitative estimate of drug-likeness (QED) is 0.529. The van der Waals surface area contributed by atoms with Gasteiger partial charge in [0.2, 0.25) is 0 Å². The van der Waals surface area contributed by atoms with E-state index in [9.17, 15) is 4.79 Å². The van der Waals surface area contributed by atoms with Gasteiger partial charge >= 0.3 is 5.97 Å². The summed E-state index contributed by atoms with van der Waals surface area (Å²) in [6.45, 7) is 3.57. The minimum absolute atomic E-state index is 0.109. The third-order valence-corrected chi connectivity index (χ3v) is 1.07. The van der Waals surface area contributed by atoms with Crippen molar-refractivity contribution in [1.82, 2.24) is 0 Å². The predicted octanol–water partition coefficient (Wildman–Crippen LogP) is 0.366. The van der Waals surface area contributed by atoms with E-state index in [0.29, 0.717) is 5.57 Å². The number of allylic oxidation sites excluding steroid dienone is 1. The van der Waals surface area contributed by atoms with Crippen molar-refractivity contribution in [2.45, 2.75) is 13.8 Å². The molecule has 0 radical (unpaired) electrons. The minimum atomic E-state index is -0.919. The molecule has 0 aromatic rings. The Morgan fingerprint density at radius 3 is 2.00 bits per heavy atom. The first-order valence-corrected chi connectivity index (χ1v) is 2.69. The first-order chi connectivity index (χ1) is 4.09. The summed E-state index contributed by atoms with van der Waals surface area (Å²) in [5.41, 5.74) is 6.21. The second kappa shape index (κ2) is 3.25. The maximum absolute atomic E-state index is 10.2. The zero-order valence-electron chi connectivity index (χ0n) is 5.64. The molecule has 0 saturated heterocycles. The van der Waals surface area contributed by atoms with Crippen molar-refractivity contribution in [2.24, 2.45) is 5.73 Å². The van der Waals surface area contributed by atoms with Gasteiger partial charge in [-0.3, -0.25) is 0 Å². The number of nitrogens with two attached hydrogens (primary N) is 1. The zero-order chi connectivity index (χ0) is 7.44. The third-order valence-electron chi connectivity index (χ3n) is 1.07.